The molecule has 0 aliphatic rings. The Hall–Kier alpha value is -1.06. The zero-order valence-electron chi connectivity index (χ0n) is 11.5. The fourth-order valence-electron chi connectivity index (χ4n) is 1.60. The second-order valence-corrected chi connectivity index (χ2v) is 4.31. The molecule has 100 valence electrons. The van der Waals surface area contributed by atoms with E-state index >= 15 is 0 Å². The third kappa shape index (κ3) is 7.77. The molecule has 0 aromatic carbocycles. The highest BCUT2D eigenvalue weighted by Gasteiger charge is 2.10. The molecule has 0 saturated carbocycles. The van der Waals surface area contributed by atoms with Crippen molar-refractivity contribution in [2.45, 2.75) is 59.5 Å². The number of amides is 1. The minimum atomic E-state index is -0.171. The smallest absolute Gasteiger partial charge is 0.306 e. The molecule has 0 fully saturated rings. The molecule has 17 heavy (non-hydrogen) atoms. The number of unbranched alkanes of at least 4 members (excludes halogenated alkanes) is 1. The van der Waals surface area contributed by atoms with Gasteiger partial charge in [-0.05, 0) is 40.5 Å². The van der Waals surface area contributed by atoms with Crippen molar-refractivity contribution < 1.29 is 14.3 Å². The second kappa shape index (κ2) is 9.02. The van der Waals surface area contributed by atoms with Gasteiger partial charge in [0.1, 0.15) is 0 Å². The maximum absolute atomic E-state index is 11.6. The van der Waals surface area contributed by atoms with E-state index in [1.54, 1.807) is 0 Å². The lowest BCUT2D eigenvalue weighted by molar-refractivity contribution is -0.147. The largest absolute Gasteiger partial charge is 0.463 e. The number of nitrogens with zero attached hydrogens (tertiary/aromatic N) is 1. The van der Waals surface area contributed by atoms with Crippen molar-refractivity contribution in [3.63, 3.8) is 0 Å². The highest BCUT2D eigenvalue weighted by atomic mass is 16.5. The maximum Gasteiger partial charge on any atom is 0.306 e. The highest BCUT2D eigenvalue weighted by molar-refractivity contribution is 5.76. The summed E-state index contributed by atoms with van der Waals surface area (Å²) in [6, 6.07) is 0. The summed E-state index contributed by atoms with van der Waals surface area (Å²) in [5.74, 6) is 0.00233. The molecule has 0 spiro atoms. The average Bonchev–Trinajstić information content (AvgIpc) is 2.25. The van der Waals surface area contributed by atoms with E-state index < -0.39 is 0 Å². The van der Waals surface area contributed by atoms with Crippen LogP contribution in [0.25, 0.3) is 0 Å². The van der Waals surface area contributed by atoms with Crippen molar-refractivity contribution in [3.8, 4) is 0 Å². The predicted octanol–water partition coefficient (Wildman–Crippen LogP) is 2.37. The Morgan fingerprint density at radius 2 is 1.59 bits per heavy atom. The van der Waals surface area contributed by atoms with Crippen LogP contribution in [0.4, 0.5) is 0 Å². The van der Waals surface area contributed by atoms with Crippen LogP contribution < -0.4 is 0 Å². The molecule has 0 atom stereocenters. The number of hydrogen-bond acceptors (Lipinski definition) is 3. The lowest BCUT2D eigenvalue weighted by Crippen LogP contribution is -2.30. The Morgan fingerprint density at radius 3 is 2.06 bits per heavy atom. The molecule has 0 aromatic rings. The summed E-state index contributed by atoms with van der Waals surface area (Å²) in [6.45, 7) is 9.13. The van der Waals surface area contributed by atoms with E-state index in [0.29, 0.717) is 12.8 Å². The monoisotopic (exact) mass is 243 g/mol. The van der Waals surface area contributed by atoms with Gasteiger partial charge in [0.15, 0.2) is 0 Å². The number of rotatable bonds is 8. The number of carbonyl (C=O) groups is 2. The quantitative estimate of drug-likeness (QED) is 0.485. The molecule has 0 aromatic heterocycles. The predicted molar refractivity (Wildman–Crippen MR) is 67.6 cm³/mol. The molecule has 4 heteroatoms. The van der Waals surface area contributed by atoms with Gasteiger partial charge in [-0.3, -0.25) is 9.59 Å². The summed E-state index contributed by atoms with van der Waals surface area (Å²) in [7, 11) is 0. The number of esters is 1. The molecule has 0 N–H and O–H groups in total. The van der Waals surface area contributed by atoms with Gasteiger partial charge in [-0.1, -0.05) is 0 Å². The van der Waals surface area contributed by atoms with Crippen LogP contribution in [0.2, 0.25) is 0 Å². The van der Waals surface area contributed by atoms with Crippen molar-refractivity contribution in [1.82, 2.24) is 4.90 Å². The fraction of sp³-hybridized carbons (Fsp3) is 0.846. The molecule has 0 aliphatic heterocycles. The van der Waals surface area contributed by atoms with Gasteiger partial charge in [0.2, 0.25) is 5.91 Å². The van der Waals surface area contributed by atoms with E-state index in [1.807, 2.05) is 32.6 Å². The lowest BCUT2D eigenvalue weighted by atomic mass is 10.2. The molecule has 0 unspecified atom stereocenters. The zero-order chi connectivity index (χ0) is 13.3. The molecule has 0 bridgehead atoms. The van der Waals surface area contributed by atoms with Gasteiger partial charge in [-0.2, -0.15) is 0 Å². The van der Waals surface area contributed by atoms with E-state index in [-0.39, 0.29) is 18.0 Å². The summed E-state index contributed by atoms with van der Waals surface area (Å²) in [5, 5.41) is 0. The van der Waals surface area contributed by atoms with E-state index in [1.165, 1.54) is 0 Å². The van der Waals surface area contributed by atoms with Crippen molar-refractivity contribution in [3.05, 3.63) is 0 Å². The molecule has 0 aliphatic carbocycles. The van der Waals surface area contributed by atoms with Gasteiger partial charge in [-0.25, -0.2) is 0 Å². The van der Waals surface area contributed by atoms with Crippen LogP contribution in [-0.2, 0) is 14.3 Å². The van der Waals surface area contributed by atoms with Crippen molar-refractivity contribution in [1.29, 1.82) is 0 Å². The van der Waals surface area contributed by atoms with Gasteiger partial charge in [0, 0.05) is 25.9 Å². The van der Waals surface area contributed by atoms with E-state index in [9.17, 15) is 9.59 Å². The van der Waals surface area contributed by atoms with Gasteiger partial charge in [0.25, 0.3) is 0 Å². The van der Waals surface area contributed by atoms with Crippen LogP contribution in [0.1, 0.15) is 53.4 Å². The third-order valence-corrected chi connectivity index (χ3v) is 2.50. The molecule has 0 saturated heterocycles. The lowest BCUT2D eigenvalue weighted by Gasteiger charge is -2.18. The summed E-state index contributed by atoms with van der Waals surface area (Å²) in [5.41, 5.74) is 0. The molecule has 1 amide bonds. The normalized spacial score (nSPS) is 10.4. The summed E-state index contributed by atoms with van der Waals surface area (Å²) in [4.78, 5) is 24.7. The second-order valence-electron chi connectivity index (χ2n) is 4.31. The van der Waals surface area contributed by atoms with Gasteiger partial charge >= 0.3 is 5.97 Å². The third-order valence-electron chi connectivity index (χ3n) is 2.50. The van der Waals surface area contributed by atoms with Crippen molar-refractivity contribution in [2.75, 3.05) is 13.1 Å². The Balaban J connectivity index is 3.64. The number of ether oxygens (including phenoxy) is 1. The highest BCUT2D eigenvalue weighted by Crippen LogP contribution is 2.05. The van der Waals surface area contributed by atoms with Crippen LogP contribution in [0.3, 0.4) is 0 Å². The topological polar surface area (TPSA) is 46.6 Å². The minimum Gasteiger partial charge on any atom is -0.463 e. The maximum atomic E-state index is 11.6. The fourth-order valence-corrected chi connectivity index (χ4v) is 1.60. The first-order chi connectivity index (χ1) is 8.01. The summed E-state index contributed by atoms with van der Waals surface area (Å²) < 4.78 is 5.01. The average molecular weight is 243 g/mol. The number of hydrogen-bond donors (Lipinski definition) is 0. The van der Waals surface area contributed by atoms with Gasteiger partial charge in [-0.15, -0.1) is 0 Å². The standard InChI is InChI=1S/C13H25NO3/c1-5-14(6-2)12(15)9-7-8-10-13(16)17-11(3)4/h11H,5-10H2,1-4H3. The molecular formula is C13H25NO3. The van der Waals surface area contributed by atoms with Crippen LogP contribution in [0, 0.1) is 0 Å². The Labute approximate surface area is 104 Å². The Bertz CT molecular complexity index is 235. The van der Waals surface area contributed by atoms with Crippen LogP contribution >= 0.6 is 0 Å². The van der Waals surface area contributed by atoms with E-state index in [2.05, 4.69) is 0 Å². The van der Waals surface area contributed by atoms with Crippen molar-refractivity contribution in [2.24, 2.45) is 0 Å². The zero-order valence-corrected chi connectivity index (χ0v) is 11.5. The first kappa shape index (κ1) is 15.9. The Morgan fingerprint density at radius 1 is 1.06 bits per heavy atom. The number of carbonyl (C=O) groups excluding carboxylic acids is 2. The molecule has 4 nitrogen and oxygen atoms in total. The summed E-state index contributed by atoms with van der Waals surface area (Å²) in [6.07, 6.45) is 2.35. The molecular weight excluding hydrogens is 218 g/mol. The molecule has 0 rings (SSSR count). The first-order valence-corrected chi connectivity index (χ1v) is 6.48. The molecule has 0 heterocycles. The van der Waals surface area contributed by atoms with Crippen molar-refractivity contribution >= 4 is 11.9 Å². The van der Waals surface area contributed by atoms with Gasteiger partial charge < -0.3 is 9.64 Å². The van der Waals surface area contributed by atoms with E-state index in [0.717, 1.165) is 25.9 Å². The van der Waals surface area contributed by atoms with Crippen LogP contribution in [-0.4, -0.2) is 36.0 Å². The minimum absolute atomic E-state index is 0.0557. The molecule has 0 radical (unpaired) electrons. The van der Waals surface area contributed by atoms with Gasteiger partial charge in [0.05, 0.1) is 6.10 Å². The Kier molecular flexibility index (Phi) is 8.46. The summed E-state index contributed by atoms with van der Waals surface area (Å²) >= 11 is 0. The first-order valence-electron chi connectivity index (χ1n) is 6.48. The van der Waals surface area contributed by atoms with Crippen LogP contribution in [0.5, 0.6) is 0 Å². The SMILES string of the molecule is CCN(CC)C(=O)CCCCC(=O)OC(C)C. The van der Waals surface area contributed by atoms with Crippen LogP contribution in [0.15, 0.2) is 0 Å². The van der Waals surface area contributed by atoms with E-state index in [4.69, 9.17) is 4.74 Å².